The maximum atomic E-state index is 13.0. The van der Waals surface area contributed by atoms with Gasteiger partial charge in [0.2, 0.25) is 5.91 Å². The van der Waals surface area contributed by atoms with E-state index in [2.05, 4.69) is 22.7 Å². The number of nitrogens with zero attached hydrogens (tertiary/aromatic N) is 2. The van der Waals surface area contributed by atoms with Crippen molar-refractivity contribution in [3.8, 4) is 0 Å². The fourth-order valence-corrected chi connectivity index (χ4v) is 2.07. The molecule has 1 unspecified atom stereocenters. The summed E-state index contributed by atoms with van der Waals surface area (Å²) in [4.78, 5) is 11.3. The lowest BCUT2D eigenvalue weighted by Crippen LogP contribution is -2.23. The van der Waals surface area contributed by atoms with Gasteiger partial charge in [-0.3, -0.25) is 9.48 Å². The SMILES string of the molecule is CCC(Nc1cnn(CC(=O)NC)c1)c1ccc(F)cc1. The molecule has 1 aromatic heterocycles. The van der Waals surface area contributed by atoms with Crippen LogP contribution in [0.4, 0.5) is 10.1 Å². The Bertz CT molecular complexity index is 594. The number of anilines is 1. The first-order valence-corrected chi connectivity index (χ1v) is 6.87. The van der Waals surface area contributed by atoms with E-state index in [-0.39, 0.29) is 24.3 Å². The topological polar surface area (TPSA) is 59.0 Å². The number of likely N-dealkylation sites (N-methyl/N-ethyl adjacent to an activating group) is 1. The van der Waals surface area contributed by atoms with Gasteiger partial charge in [0.1, 0.15) is 12.4 Å². The fourth-order valence-electron chi connectivity index (χ4n) is 2.07. The summed E-state index contributed by atoms with van der Waals surface area (Å²) in [6.45, 7) is 2.24. The van der Waals surface area contributed by atoms with Crippen molar-refractivity contribution in [1.29, 1.82) is 0 Å². The van der Waals surface area contributed by atoms with E-state index in [1.165, 1.54) is 12.1 Å². The summed E-state index contributed by atoms with van der Waals surface area (Å²) >= 11 is 0. The average Bonchev–Trinajstić information content (AvgIpc) is 2.93. The third-order valence-corrected chi connectivity index (χ3v) is 3.24. The molecule has 0 bridgehead atoms. The molecule has 0 aliphatic carbocycles. The molecule has 0 fully saturated rings. The summed E-state index contributed by atoms with van der Waals surface area (Å²) in [5, 5.41) is 10.0. The molecule has 2 aromatic rings. The second-order valence-electron chi connectivity index (χ2n) is 4.76. The van der Waals surface area contributed by atoms with Crippen LogP contribution in [-0.2, 0) is 11.3 Å². The van der Waals surface area contributed by atoms with Crippen LogP contribution in [0.15, 0.2) is 36.7 Å². The monoisotopic (exact) mass is 290 g/mol. The van der Waals surface area contributed by atoms with Crippen molar-refractivity contribution in [2.45, 2.75) is 25.9 Å². The molecule has 0 radical (unpaired) electrons. The van der Waals surface area contributed by atoms with Crippen LogP contribution in [0.2, 0.25) is 0 Å². The van der Waals surface area contributed by atoms with Crippen LogP contribution in [-0.4, -0.2) is 22.7 Å². The van der Waals surface area contributed by atoms with E-state index in [1.54, 1.807) is 36.3 Å². The molecule has 0 aliphatic rings. The predicted octanol–water partition coefficient (Wildman–Crippen LogP) is 2.33. The Kier molecular flexibility index (Phi) is 4.92. The van der Waals surface area contributed by atoms with Crippen LogP contribution in [0.3, 0.4) is 0 Å². The van der Waals surface area contributed by atoms with E-state index in [4.69, 9.17) is 0 Å². The largest absolute Gasteiger partial charge is 0.376 e. The van der Waals surface area contributed by atoms with Gasteiger partial charge in [-0.1, -0.05) is 19.1 Å². The maximum Gasteiger partial charge on any atom is 0.241 e. The van der Waals surface area contributed by atoms with Crippen molar-refractivity contribution in [1.82, 2.24) is 15.1 Å². The van der Waals surface area contributed by atoms with Crippen molar-refractivity contribution in [3.05, 3.63) is 48.0 Å². The van der Waals surface area contributed by atoms with E-state index in [0.717, 1.165) is 17.7 Å². The van der Waals surface area contributed by atoms with E-state index in [0.29, 0.717) is 0 Å². The smallest absolute Gasteiger partial charge is 0.241 e. The second kappa shape index (κ2) is 6.88. The number of halogens is 1. The summed E-state index contributed by atoms with van der Waals surface area (Å²) in [7, 11) is 1.59. The number of amides is 1. The van der Waals surface area contributed by atoms with E-state index in [1.807, 2.05) is 0 Å². The highest BCUT2D eigenvalue weighted by Crippen LogP contribution is 2.22. The minimum Gasteiger partial charge on any atom is -0.376 e. The molecule has 21 heavy (non-hydrogen) atoms. The molecule has 1 heterocycles. The van der Waals surface area contributed by atoms with Gasteiger partial charge in [-0.15, -0.1) is 0 Å². The Balaban J connectivity index is 2.05. The van der Waals surface area contributed by atoms with Gasteiger partial charge in [0.05, 0.1) is 17.9 Å². The van der Waals surface area contributed by atoms with Crippen LogP contribution in [0.25, 0.3) is 0 Å². The summed E-state index contributed by atoms with van der Waals surface area (Å²) in [6.07, 6.45) is 4.31. The Morgan fingerprint density at radius 2 is 2.10 bits per heavy atom. The predicted molar refractivity (Wildman–Crippen MR) is 79.3 cm³/mol. The van der Waals surface area contributed by atoms with Crippen molar-refractivity contribution >= 4 is 11.6 Å². The standard InChI is InChI=1S/C15H19FN4O/c1-3-14(11-4-6-12(16)7-5-11)19-13-8-18-20(9-13)10-15(21)17-2/h4-9,14,19H,3,10H2,1-2H3,(H,17,21). The number of carbonyl (C=O) groups is 1. The molecule has 1 amide bonds. The number of aromatic nitrogens is 2. The highest BCUT2D eigenvalue weighted by Gasteiger charge is 2.11. The molecule has 6 heteroatoms. The Morgan fingerprint density at radius 3 is 2.71 bits per heavy atom. The summed E-state index contributed by atoms with van der Waals surface area (Å²) < 4.78 is 14.5. The molecular weight excluding hydrogens is 271 g/mol. The maximum absolute atomic E-state index is 13.0. The molecule has 112 valence electrons. The number of carbonyl (C=O) groups excluding carboxylic acids is 1. The normalized spacial score (nSPS) is 12.0. The van der Waals surface area contributed by atoms with Gasteiger partial charge >= 0.3 is 0 Å². The van der Waals surface area contributed by atoms with Gasteiger partial charge < -0.3 is 10.6 Å². The lowest BCUT2D eigenvalue weighted by Gasteiger charge is -2.17. The third kappa shape index (κ3) is 4.05. The van der Waals surface area contributed by atoms with Gasteiger partial charge in [0.15, 0.2) is 0 Å². The molecule has 5 nitrogen and oxygen atoms in total. The van der Waals surface area contributed by atoms with Gasteiger partial charge in [-0.2, -0.15) is 5.10 Å². The lowest BCUT2D eigenvalue weighted by molar-refractivity contribution is -0.121. The molecule has 1 atom stereocenters. The first kappa shape index (κ1) is 15.0. The van der Waals surface area contributed by atoms with Crippen LogP contribution in [0.5, 0.6) is 0 Å². The summed E-state index contributed by atoms with van der Waals surface area (Å²) in [5.41, 5.74) is 1.84. The Morgan fingerprint density at radius 1 is 1.38 bits per heavy atom. The Labute approximate surface area is 123 Å². The molecule has 2 rings (SSSR count). The molecule has 0 spiro atoms. The van der Waals surface area contributed by atoms with Crippen LogP contribution in [0.1, 0.15) is 24.9 Å². The fraction of sp³-hybridized carbons (Fsp3) is 0.333. The highest BCUT2D eigenvalue weighted by atomic mass is 19.1. The Hall–Kier alpha value is -2.37. The van der Waals surface area contributed by atoms with Crippen molar-refractivity contribution < 1.29 is 9.18 Å². The van der Waals surface area contributed by atoms with Crippen LogP contribution in [0, 0.1) is 5.82 Å². The van der Waals surface area contributed by atoms with Gasteiger partial charge in [-0.05, 0) is 24.1 Å². The molecular formula is C15H19FN4O. The van der Waals surface area contributed by atoms with Gasteiger partial charge in [-0.25, -0.2) is 4.39 Å². The first-order valence-electron chi connectivity index (χ1n) is 6.87. The molecule has 0 saturated heterocycles. The average molecular weight is 290 g/mol. The number of hydrogen-bond donors (Lipinski definition) is 2. The van der Waals surface area contributed by atoms with Crippen molar-refractivity contribution in [2.75, 3.05) is 12.4 Å². The molecule has 0 aliphatic heterocycles. The summed E-state index contributed by atoms with van der Waals surface area (Å²) in [6, 6.07) is 6.52. The molecule has 2 N–H and O–H groups in total. The van der Waals surface area contributed by atoms with Gasteiger partial charge in [0.25, 0.3) is 0 Å². The third-order valence-electron chi connectivity index (χ3n) is 3.24. The first-order chi connectivity index (χ1) is 10.1. The zero-order valence-corrected chi connectivity index (χ0v) is 12.1. The molecule has 0 saturated carbocycles. The highest BCUT2D eigenvalue weighted by molar-refractivity contribution is 5.75. The zero-order chi connectivity index (χ0) is 15.2. The van der Waals surface area contributed by atoms with Crippen LogP contribution < -0.4 is 10.6 Å². The summed E-state index contributed by atoms with van der Waals surface area (Å²) in [5.74, 6) is -0.345. The second-order valence-corrected chi connectivity index (χ2v) is 4.76. The van der Waals surface area contributed by atoms with E-state index in [9.17, 15) is 9.18 Å². The van der Waals surface area contributed by atoms with Crippen molar-refractivity contribution in [3.63, 3.8) is 0 Å². The van der Waals surface area contributed by atoms with Gasteiger partial charge in [0, 0.05) is 13.2 Å². The van der Waals surface area contributed by atoms with Crippen molar-refractivity contribution in [2.24, 2.45) is 0 Å². The zero-order valence-electron chi connectivity index (χ0n) is 12.1. The van der Waals surface area contributed by atoms with Crippen LogP contribution >= 0.6 is 0 Å². The minimum absolute atomic E-state index is 0.0725. The lowest BCUT2D eigenvalue weighted by atomic mass is 10.0. The number of rotatable bonds is 6. The van der Waals surface area contributed by atoms with E-state index < -0.39 is 0 Å². The quantitative estimate of drug-likeness (QED) is 0.858. The number of nitrogens with one attached hydrogen (secondary N) is 2. The minimum atomic E-state index is -0.244. The number of hydrogen-bond acceptors (Lipinski definition) is 3. The van der Waals surface area contributed by atoms with E-state index >= 15 is 0 Å². The molecule has 1 aromatic carbocycles. The number of benzene rings is 1.